The monoisotopic (exact) mass is 338 g/mol. The molecule has 1 amide bonds. The van der Waals surface area contributed by atoms with Crippen LogP contribution in [0.1, 0.15) is 29.5 Å². The van der Waals surface area contributed by atoms with Gasteiger partial charge in [-0.15, -0.1) is 0 Å². The molecule has 0 aliphatic carbocycles. The number of benzene rings is 2. The molecule has 25 heavy (non-hydrogen) atoms. The second kappa shape index (κ2) is 7.70. The molecule has 1 saturated heterocycles. The maximum Gasteiger partial charge on any atom is 0.230 e. The van der Waals surface area contributed by atoms with Gasteiger partial charge in [0.15, 0.2) is 0 Å². The average molecular weight is 338 g/mol. The molecule has 1 fully saturated rings. The Morgan fingerprint density at radius 1 is 1.08 bits per heavy atom. The number of amides is 1. The quantitative estimate of drug-likeness (QED) is 0.824. The number of nitrogens with two attached hydrogens (primary N) is 1. The van der Waals surface area contributed by atoms with Crippen LogP contribution in [0.2, 0.25) is 0 Å². The fraction of sp³-hybridized carbons (Fsp3) is 0.381. The normalized spacial score (nSPS) is 16.4. The first-order chi connectivity index (χ1) is 12.1. The van der Waals surface area contributed by atoms with E-state index in [1.54, 1.807) is 0 Å². The molecule has 0 spiro atoms. The van der Waals surface area contributed by atoms with Crippen LogP contribution in [-0.2, 0) is 21.4 Å². The van der Waals surface area contributed by atoms with E-state index in [9.17, 15) is 4.79 Å². The number of hydrogen-bond acceptors (Lipinski definition) is 3. The minimum atomic E-state index is -0.479. The van der Waals surface area contributed by atoms with E-state index in [1.807, 2.05) is 24.3 Å². The lowest BCUT2D eigenvalue weighted by molar-refractivity contribution is -0.130. The summed E-state index contributed by atoms with van der Waals surface area (Å²) in [6, 6.07) is 16.1. The number of anilines is 1. The van der Waals surface area contributed by atoms with E-state index in [-0.39, 0.29) is 5.91 Å². The third kappa shape index (κ3) is 4.02. The second-order valence-corrected chi connectivity index (χ2v) is 6.81. The molecule has 132 valence electrons. The summed E-state index contributed by atoms with van der Waals surface area (Å²) in [5.41, 5.74) is 9.46. The standard InChI is InChI=1S/C21H26N2O2/c1-16-2-6-18(7-3-16)21(11-14-25-15-12-21)20(24)23-13-10-17-4-8-19(22)9-5-17/h2-9H,10-15,22H2,1H3,(H,23,24). The highest BCUT2D eigenvalue weighted by atomic mass is 16.5. The summed E-state index contributed by atoms with van der Waals surface area (Å²) < 4.78 is 5.51. The molecular weight excluding hydrogens is 312 g/mol. The van der Waals surface area contributed by atoms with E-state index in [1.165, 1.54) is 11.1 Å². The van der Waals surface area contributed by atoms with Gasteiger partial charge in [0.25, 0.3) is 0 Å². The van der Waals surface area contributed by atoms with Crippen molar-refractivity contribution in [2.24, 2.45) is 0 Å². The third-order valence-electron chi connectivity index (χ3n) is 5.06. The number of rotatable bonds is 5. The highest BCUT2D eigenvalue weighted by Gasteiger charge is 2.41. The number of nitrogens with one attached hydrogen (secondary N) is 1. The van der Waals surface area contributed by atoms with Crippen molar-refractivity contribution in [2.75, 3.05) is 25.5 Å². The van der Waals surface area contributed by atoms with Gasteiger partial charge in [0, 0.05) is 25.4 Å². The molecule has 0 bridgehead atoms. The van der Waals surface area contributed by atoms with Gasteiger partial charge in [0.2, 0.25) is 5.91 Å². The largest absolute Gasteiger partial charge is 0.399 e. The Labute approximate surface area is 149 Å². The molecule has 0 unspecified atom stereocenters. The smallest absolute Gasteiger partial charge is 0.230 e. The summed E-state index contributed by atoms with van der Waals surface area (Å²) in [6.07, 6.45) is 2.25. The van der Waals surface area contributed by atoms with E-state index in [4.69, 9.17) is 10.5 Å². The van der Waals surface area contributed by atoms with Gasteiger partial charge in [-0.3, -0.25) is 4.79 Å². The molecule has 0 saturated carbocycles. The molecule has 2 aromatic rings. The van der Waals surface area contributed by atoms with Gasteiger partial charge < -0.3 is 15.8 Å². The van der Waals surface area contributed by atoms with Gasteiger partial charge in [0.05, 0.1) is 5.41 Å². The predicted molar refractivity (Wildman–Crippen MR) is 100 cm³/mol. The van der Waals surface area contributed by atoms with Gasteiger partial charge in [-0.25, -0.2) is 0 Å². The summed E-state index contributed by atoms with van der Waals surface area (Å²) in [5.74, 6) is 0.107. The zero-order valence-corrected chi connectivity index (χ0v) is 14.8. The first-order valence-electron chi connectivity index (χ1n) is 8.88. The van der Waals surface area contributed by atoms with Crippen LogP contribution in [0.15, 0.2) is 48.5 Å². The van der Waals surface area contributed by atoms with Crippen LogP contribution in [0, 0.1) is 6.92 Å². The number of hydrogen-bond donors (Lipinski definition) is 2. The number of carbonyl (C=O) groups excluding carboxylic acids is 1. The topological polar surface area (TPSA) is 64.4 Å². The number of ether oxygens (including phenoxy) is 1. The lowest BCUT2D eigenvalue weighted by Gasteiger charge is -2.36. The van der Waals surface area contributed by atoms with Gasteiger partial charge >= 0.3 is 0 Å². The molecule has 0 atom stereocenters. The van der Waals surface area contributed by atoms with Crippen molar-refractivity contribution in [1.29, 1.82) is 0 Å². The zero-order chi connectivity index (χ0) is 17.7. The van der Waals surface area contributed by atoms with Crippen LogP contribution in [0.3, 0.4) is 0 Å². The van der Waals surface area contributed by atoms with Crippen LogP contribution in [0.25, 0.3) is 0 Å². The first kappa shape index (κ1) is 17.5. The Balaban J connectivity index is 1.69. The van der Waals surface area contributed by atoms with Crippen LogP contribution in [0.5, 0.6) is 0 Å². The van der Waals surface area contributed by atoms with E-state index < -0.39 is 5.41 Å². The zero-order valence-electron chi connectivity index (χ0n) is 14.8. The van der Waals surface area contributed by atoms with Crippen LogP contribution < -0.4 is 11.1 Å². The van der Waals surface area contributed by atoms with E-state index in [2.05, 4.69) is 36.5 Å². The molecule has 1 aliphatic rings. The maximum atomic E-state index is 13.1. The SMILES string of the molecule is Cc1ccc(C2(C(=O)NCCc3ccc(N)cc3)CCOCC2)cc1. The fourth-order valence-electron chi connectivity index (χ4n) is 3.41. The molecule has 1 aliphatic heterocycles. The Morgan fingerprint density at radius 3 is 2.36 bits per heavy atom. The predicted octanol–water partition coefficient (Wildman–Crippen LogP) is 2.98. The number of carbonyl (C=O) groups is 1. The average Bonchev–Trinajstić information content (AvgIpc) is 2.64. The molecule has 0 radical (unpaired) electrons. The Hall–Kier alpha value is -2.33. The summed E-state index contributed by atoms with van der Waals surface area (Å²) >= 11 is 0. The van der Waals surface area contributed by atoms with E-state index in [0.29, 0.717) is 19.8 Å². The van der Waals surface area contributed by atoms with Crippen molar-refractivity contribution in [3.8, 4) is 0 Å². The van der Waals surface area contributed by atoms with Crippen LogP contribution >= 0.6 is 0 Å². The molecule has 4 heteroatoms. The van der Waals surface area contributed by atoms with Crippen molar-refractivity contribution in [3.63, 3.8) is 0 Å². The van der Waals surface area contributed by atoms with Gasteiger partial charge in [-0.2, -0.15) is 0 Å². The lowest BCUT2D eigenvalue weighted by Crippen LogP contribution is -2.48. The highest BCUT2D eigenvalue weighted by Crippen LogP contribution is 2.35. The minimum Gasteiger partial charge on any atom is -0.399 e. The molecule has 3 N–H and O–H groups in total. The summed E-state index contributed by atoms with van der Waals surface area (Å²) in [5, 5.41) is 3.14. The Bertz CT molecular complexity index is 702. The number of nitrogen functional groups attached to an aromatic ring is 1. The summed E-state index contributed by atoms with van der Waals surface area (Å²) in [6.45, 7) is 3.93. The molecular formula is C21H26N2O2. The first-order valence-corrected chi connectivity index (χ1v) is 8.88. The van der Waals surface area contributed by atoms with Crippen LogP contribution in [0.4, 0.5) is 5.69 Å². The molecule has 3 rings (SSSR count). The van der Waals surface area contributed by atoms with E-state index in [0.717, 1.165) is 30.5 Å². The van der Waals surface area contributed by atoms with Gasteiger partial charge in [-0.05, 0) is 49.4 Å². The van der Waals surface area contributed by atoms with Crippen molar-refractivity contribution < 1.29 is 9.53 Å². The number of aryl methyl sites for hydroxylation is 1. The van der Waals surface area contributed by atoms with Crippen molar-refractivity contribution in [1.82, 2.24) is 5.32 Å². The molecule has 1 heterocycles. The summed E-state index contributed by atoms with van der Waals surface area (Å²) in [4.78, 5) is 13.1. The Morgan fingerprint density at radius 2 is 1.72 bits per heavy atom. The third-order valence-corrected chi connectivity index (χ3v) is 5.06. The van der Waals surface area contributed by atoms with Crippen molar-refractivity contribution in [3.05, 3.63) is 65.2 Å². The molecule has 2 aromatic carbocycles. The molecule has 4 nitrogen and oxygen atoms in total. The van der Waals surface area contributed by atoms with Gasteiger partial charge in [-0.1, -0.05) is 42.0 Å². The van der Waals surface area contributed by atoms with Gasteiger partial charge in [0.1, 0.15) is 0 Å². The van der Waals surface area contributed by atoms with E-state index >= 15 is 0 Å². The Kier molecular flexibility index (Phi) is 5.39. The van der Waals surface area contributed by atoms with Crippen molar-refractivity contribution in [2.45, 2.75) is 31.6 Å². The van der Waals surface area contributed by atoms with Crippen LogP contribution in [-0.4, -0.2) is 25.7 Å². The summed E-state index contributed by atoms with van der Waals surface area (Å²) in [7, 11) is 0. The molecule has 0 aromatic heterocycles. The highest BCUT2D eigenvalue weighted by molar-refractivity contribution is 5.88. The fourth-order valence-corrected chi connectivity index (χ4v) is 3.41. The second-order valence-electron chi connectivity index (χ2n) is 6.81. The van der Waals surface area contributed by atoms with Crippen molar-refractivity contribution >= 4 is 11.6 Å². The minimum absolute atomic E-state index is 0.107. The maximum absolute atomic E-state index is 13.1. The lowest BCUT2D eigenvalue weighted by atomic mass is 9.73.